The van der Waals surface area contributed by atoms with E-state index in [-0.39, 0.29) is 0 Å². The second kappa shape index (κ2) is 5.12. The fraction of sp³-hybridized carbons (Fsp3) is 0.0769. The summed E-state index contributed by atoms with van der Waals surface area (Å²) in [6.45, 7) is 3.66. The van der Waals surface area contributed by atoms with E-state index in [0.29, 0.717) is 12.2 Å². The predicted octanol–water partition coefficient (Wildman–Crippen LogP) is 3.08. The molecule has 0 aliphatic carbocycles. The maximum atomic E-state index is 10.7. The Morgan fingerprint density at radius 3 is 2.53 bits per heavy atom. The van der Waals surface area contributed by atoms with Crippen molar-refractivity contribution in [1.29, 1.82) is 0 Å². The van der Waals surface area contributed by atoms with Crippen LogP contribution in [0.3, 0.4) is 0 Å². The minimum Gasteiger partial charge on any atom is -0.380 e. The third-order valence-corrected chi connectivity index (χ3v) is 2.78. The Labute approximate surface area is 102 Å². The largest absolute Gasteiger partial charge is 0.380 e. The average molecular weight is 248 g/mol. The van der Waals surface area contributed by atoms with Gasteiger partial charge in [0.2, 0.25) is 0 Å². The lowest BCUT2D eigenvalue weighted by molar-refractivity contribution is 0.456. The summed E-state index contributed by atoms with van der Waals surface area (Å²) in [4.78, 5) is 0. The van der Waals surface area contributed by atoms with Crippen molar-refractivity contribution in [1.82, 2.24) is 0 Å². The van der Waals surface area contributed by atoms with Gasteiger partial charge in [-0.15, -0.1) is 6.58 Å². The maximum Gasteiger partial charge on any atom is 0.357 e. The van der Waals surface area contributed by atoms with Gasteiger partial charge in [0.15, 0.2) is 0 Å². The molecule has 0 amide bonds. The highest BCUT2D eigenvalue weighted by Gasteiger charge is 2.07. The topological polar surface area (TPSA) is 46.5 Å². The molecule has 4 heteroatoms. The average Bonchev–Trinajstić information content (AvgIpc) is 2.29. The summed E-state index contributed by atoms with van der Waals surface area (Å²) in [5.74, 6) is 0.421. The first-order valence-electron chi connectivity index (χ1n) is 5.12. The van der Waals surface area contributed by atoms with Crippen LogP contribution in [-0.4, -0.2) is 8.76 Å². The molecule has 0 aliphatic rings. The summed E-state index contributed by atoms with van der Waals surface area (Å²) < 4.78 is 24.4. The van der Waals surface area contributed by atoms with E-state index in [1.807, 2.05) is 30.3 Å². The molecule has 2 aromatic rings. The predicted molar refractivity (Wildman–Crippen MR) is 69.2 cm³/mol. The summed E-state index contributed by atoms with van der Waals surface area (Å²) in [5.41, 5.74) is 0.848. The molecule has 3 nitrogen and oxygen atoms in total. The molecule has 0 aromatic heterocycles. The highest BCUT2D eigenvalue weighted by Crippen LogP contribution is 2.27. The van der Waals surface area contributed by atoms with Crippen LogP contribution in [0.25, 0.3) is 10.8 Å². The first-order chi connectivity index (χ1) is 8.20. The van der Waals surface area contributed by atoms with E-state index >= 15 is 0 Å². The van der Waals surface area contributed by atoms with E-state index in [2.05, 4.69) is 6.58 Å². The summed E-state index contributed by atoms with van der Waals surface area (Å²) in [7, 11) is 0. The number of allylic oxidation sites excluding steroid dienone is 1. The number of benzene rings is 2. The molecule has 0 radical (unpaired) electrons. The smallest absolute Gasteiger partial charge is 0.357 e. The third kappa shape index (κ3) is 2.72. The van der Waals surface area contributed by atoms with Crippen molar-refractivity contribution >= 4 is 22.1 Å². The van der Waals surface area contributed by atoms with Crippen LogP contribution >= 0.6 is 0 Å². The Hall–Kier alpha value is -1.65. The quantitative estimate of drug-likeness (QED) is 0.668. The van der Waals surface area contributed by atoms with Crippen LogP contribution in [0.1, 0.15) is 5.56 Å². The number of rotatable bonds is 4. The summed E-state index contributed by atoms with van der Waals surface area (Å²) >= 11 is -2.31. The Balaban J connectivity index is 2.57. The molecule has 0 saturated carbocycles. The van der Waals surface area contributed by atoms with Crippen molar-refractivity contribution in [2.45, 2.75) is 6.42 Å². The first kappa shape index (κ1) is 11.8. The lowest BCUT2D eigenvalue weighted by Crippen LogP contribution is -2.00. The molecule has 17 heavy (non-hydrogen) atoms. The lowest BCUT2D eigenvalue weighted by Gasteiger charge is -2.08. The lowest BCUT2D eigenvalue weighted by atomic mass is 10.0. The van der Waals surface area contributed by atoms with Gasteiger partial charge in [-0.1, -0.05) is 30.3 Å². The van der Waals surface area contributed by atoms with Gasteiger partial charge in [0.05, 0.1) is 0 Å². The van der Waals surface area contributed by atoms with Crippen LogP contribution in [-0.2, 0) is 17.8 Å². The third-order valence-electron chi connectivity index (χ3n) is 2.45. The highest BCUT2D eigenvalue weighted by molar-refractivity contribution is 7.74. The first-order valence-corrected chi connectivity index (χ1v) is 6.15. The van der Waals surface area contributed by atoms with Gasteiger partial charge >= 0.3 is 11.4 Å². The summed E-state index contributed by atoms with van der Waals surface area (Å²) in [5, 5.41) is 2.04. The van der Waals surface area contributed by atoms with E-state index in [1.165, 1.54) is 0 Å². The number of hydrogen-bond donors (Lipinski definition) is 1. The Morgan fingerprint density at radius 2 is 1.94 bits per heavy atom. The van der Waals surface area contributed by atoms with E-state index in [1.54, 1.807) is 12.1 Å². The van der Waals surface area contributed by atoms with E-state index < -0.39 is 11.4 Å². The molecule has 0 fully saturated rings. The minimum absolute atomic E-state index is 0.421. The van der Waals surface area contributed by atoms with Crippen LogP contribution in [0.15, 0.2) is 49.1 Å². The van der Waals surface area contributed by atoms with Gasteiger partial charge in [0.25, 0.3) is 0 Å². The summed E-state index contributed by atoms with van der Waals surface area (Å²) in [6, 6.07) is 11.5. The Morgan fingerprint density at radius 1 is 1.29 bits per heavy atom. The van der Waals surface area contributed by atoms with Crippen molar-refractivity contribution in [2.75, 3.05) is 0 Å². The zero-order valence-electron chi connectivity index (χ0n) is 9.13. The van der Waals surface area contributed by atoms with Crippen molar-refractivity contribution in [2.24, 2.45) is 0 Å². The SMILES string of the molecule is C=CCc1cc2ccccc2cc1OS(=O)O. The van der Waals surface area contributed by atoms with Crippen molar-refractivity contribution in [3.05, 3.63) is 54.6 Å². The molecular weight excluding hydrogens is 236 g/mol. The molecule has 0 aliphatic heterocycles. The van der Waals surface area contributed by atoms with Gasteiger partial charge in [0, 0.05) is 5.56 Å². The highest BCUT2D eigenvalue weighted by atomic mass is 32.2. The normalized spacial score (nSPS) is 12.3. The molecule has 0 bridgehead atoms. The summed E-state index contributed by atoms with van der Waals surface area (Å²) in [6.07, 6.45) is 2.33. The zero-order chi connectivity index (χ0) is 12.3. The monoisotopic (exact) mass is 248 g/mol. The Bertz CT molecular complexity index is 578. The molecule has 0 saturated heterocycles. The maximum absolute atomic E-state index is 10.7. The molecule has 2 aromatic carbocycles. The molecule has 0 spiro atoms. The van der Waals surface area contributed by atoms with Crippen LogP contribution in [0.5, 0.6) is 5.75 Å². The Kier molecular flexibility index (Phi) is 3.56. The van der Waals surface area contributed by atoms with Gasteiger partial charge in [-0.2, -0.15) is 4.21 Å². The van der Waals surface area contributed by atoms with Gasteiger partial charge < -0.3 is 4.18 Å². The molecule has 1 N–H and O–H groups in total. The van der Waals surface area contributed by atoms with Gasteiger partial charge in [-0.3, -0.25) is 4.55 Å². The molecule has 1 atom stereocenters. The fourth-order valence-corrected chi connectivity index (χ4v) is 2.04. The van der Waals surface area contributed by atoms with Gasteiger partial charge in [-0.05, 0) is 29.3 Å². The standard InChI is InChI=1S/C13H12O3S/c1-2-5-12-8-10-6-3-4-7-11(10)9-13(12)16-17(14)15/h2-4,6-9H,1,5H2,(H,14,15). The minimum atomic E-state index is -2.31. The van der Waals surface area contributed by atoms with Crippen molar-refractivity contribution in [3.63, 3.8) is 0 Å². The van der Waals surface area contributed by atoms with Crippen LogP contribution in [0.4, 0.5) is 0 Å². The van der Waals surface area contributed by atoms with Crippen LogP contribution in [0.2, 0.25) is 0 Å². The van der Waals surface area contributed by atoms with E-state index in [0.717, 1.165) is 16.3 Å². The zero-order valence-corrected chi connectivity index (χ0v) is 9.94. The number of hydrogen-bond acceptors (Lipinski definition) is 2. The van der Waals surface area contributed by atoms with Gasteiger partial charge in [-0.25, -0.2) is 0 Å². The molecule has 1 unspecified atom stereocenters. The van der Waals surface area contributed by atoms with Gasteiger partial charge in [0.1, 0.15) is 5.75 Å². The molecule has 2 rings (SSSR count). The van der Waals surface area contributed by atoms with Crippen molar-refractivity contribution < 1.29 is 12.9 Å². The fourth-order valence-electron chi connectivity index (χ4n) is 1.74. The second-order valence-electron chi connectivity index (χ2n) is 3.60. The van der Waals surface area contributed by atoms with E-state index in [4.69, 9.17) is 8.74 Å². The molecule has 0 heterocycles. The molecular formula is C13H12O3S. The second-order valence-corrected chi connectivity index (χ2v) is 4.20. The van der Waals surface area contributed by atoms with Crippen molar-refractivity contribution in [3.8, 4) is 5.75 Å². The van der Waals surface area contributed by atoms with Crippen LogP contribution < -0.4 is 4.18 Å². The van der Waals surface area contributed by atoms with Crippen LogP contribution in [0, 0.1) is 0 Å². The van der Waals surface area contributed by atoms with E-state index in [9.17, 15) is 4.21 Å². The molecule has 88 valence electrons. The number of fused-ring (bicyclic) bond motifs is 1.